The summed E-state index contributed by atoms with van der Waals surface area (Å²) in [6.07, 6.45) is 1.58. The van der Waals surface area contributed by atoms with Gasteiger partial charge in [-0.15, -0.1) is 0 Å². The highest BCUT2D eigenvalue weighted by atomic mass is 16.5. The SMILES string of the molecule is CC[C@H](C)NC(=O)[C@H](CC)N(Cc1ccc(OC)cc1)C(=O)Cc1ccc(OC)cc1. The van der Waals surface area contributed by atoms with E-state index in [1.54, 1.807) is 19.1 Å². The zero-order valence-corrected chi connectivity index (χ0v) is 19.2. The van der Waals surface area contributed by atoms with E-state index in [0.29, 0.717) is 13.0 Å². The Labute approximate surface area is 185 Å². The fourth-order valence-corrected chi connectivity index (χ4v) is 3.31. The van der Waals surface area contributed by atoms with Crippen LogP contribution in [0.4, 0.5) is 0 Å². The molecule has 0 aliphatic rings. The number of hydrogen-bond acceptors (Lipinski definition) is 4. The third-order valence-corrected chi connectivity index (χ3v) is 5.41. The molecule has 0 aliphatic heterocycles. The van der Waals surface area contributed by atoms with Crippen LogP contribution in [0.1, 0.15) is 44.7 Å². The molecule has 0 heterocycles. The Balaban J connectivity index is 2.27. The quantitative estimate of drug-likeness (QED) is 0.590. The van der Waals surface area contributed by atoms with E-state index in [1.807, 2.05) is 69.3 Å². The van der Waals surface area contributed by atoms with E-state index < -0.39 is 6.04 Å². The molecule has 2 atom stereocenters. The van der Waals surface area contributed by atoms with Gasteiger partial charge in [-0.1, -0.05) is 38.1 Å². The summed E-state index contributed by atoms with van der Waals surface area (Å²) in [7, 11) is 3.23. The van der Waals surface area contributed by atoms with Crippen LogP contribution in [0.3, 0.4) is 0 Å². The number of hydrogen-bond donors (Lipinski definition) is 1. The van der Waals surface area contributed by atoms with E-state index in [2.05, 4.69) is 5.32 Å². The van der Waals surface area contributed by atoms with Gasteiger partial charge in [-0.05, 0) is 55.2 Å². The molecule has 0 saturated carbocycles. The van der Waals surface area contributed by atoms with Crippen molar-refractivity contribution in [3.8, 4) is 11.5 Å². The number of carbonyl (C=O) groups excluding carboxylic acids is 2. The molecule has 2 aromatic rings. The van der Waals surface area contributed by atoms with E-state index >= 15 is 0 Å². The summed E-state index contributed by atoms with van der Waals surface area (Å²) < 4.78 is 10.4. The summed E-state index contributed by atoms with van der Waals surface area (Å²) in [6, 6.07) is 14.5. The van der Waals surface area contributed by atoms with Crippen LogP contribution in [0.25, 0.3) is 0 Å². The monoisotopic (exact) mass is 426 g/mol. The maximum absolute atomic E-state index is 13.3. The average Bonchev–Trinajstić information content (AvgIpc) is 2.79. The molecule has 6 nitrogen and oxygen atoms in total. The lowest BCUT2D eigenvalue weighted by atomic mass is 10.1. The molecule has 0 bridgehead atoms. The van der Waals surface area contributed by atoms with Crippen molar-refractivity contribution in [3.63, 3.8) is 0 Å². The van der Waals surface area contributed by atoms with Gasteiger partial charge in [0.05, 0.1) is 20.6 Å². The van der Waals surface area contributed by atoms with E-state index in [0.717, 1.165) is 29.0 Å². The first-order valence-corrected chi connectivity index (χ1v) is 10.8. The Hall–Kier alpha value is -3.02. The highest BCUT2D eigenvalue weighted by molar-refractivity contribution is 5.88. The topological polar surface area (TPSA) is 67.9 Å². The molecule has 6 heteroatoms. The van der Waals surface area contributed by atoms with Crippen molar-refractivity contribution in [2.45, 2.75) is 58.7 Å². The molecule has 0 unspecified atom stereocenters. The van der Waals surface area contributed by atoms with Gasteiger partial charge in [-0.2, -0.15) is 0 Å². The third-order valence-electron chi connectivity index (χ3n) is 5.41. The van der Waals surface area contributed by atoms with Crippen LogP contribution in [-0.4, -0.2) is 43.0 Å². The van der Waals surface area contributed by atoms with Gasteiger partial charge in [0.2, 0.25) is 11.8 Å². The fourth-order valence-electron chi connectivity index (χ4n) is 3.31. The molecule has 2 rings (SSSR count). The van der Waals surface area contributed by atoms with Crippen LogP contribution in [0.2, 0.25) is 0 Å². The molecule has 1 N–H and O–H groups in total. The standard InChI is InChI=1S/C25H34N2O4/c1-6-18(3)26-25(29)23(7-2)27(17-20-10-14-22(31-5)15-11-20)24(28)16-19-8-12-21(30-4)13-9-19/h8-15,18,23H,6-7,16-17H2,1-5H3,(H,26,29)/t18-,23-/m0/s1. The van der Waals surface area contributed by atoms with Crippen molar-refractivity contribution < 1.29 is 19.1 Å². The van der Waals surface area contributed by atoms with E-state index in [-0.39, 0.29) is 24.3 Å². The van der Waals surface area contributed by atoms with E-state index in [9.17, 15) is 9.59 Å². The van der Waals surface area contributed by atoms with Gasteiger partial charge < -0.3 is 19.7 Å². The number of methoxy groups -OCH3 is 2. The molecule has 0 aliphatic carbocycles. The number of amides is 2. The van der Waals surface area contributed by atoms with Gasteiger partial charge in [-0.3, -0.25) is 9.59 Å². The third kappa shape index (κ3) is 7.02. The van der Waals surface area contributed by atoms with Gasteiger partial charge in [0.25, 0.3) is 0 Å². The molecular formula is C25H34N2O4. The smallest absolute Gasteiger partial charge is 0.243 e. The first-order chi connectivity index (χ1) is 14.9. The molecule has 0 radical (unpaired) electrons. The molecule has 168 valence electrons. The second kappa shape index (κ2) is 12.0. The second-order valence-corrected chi connectivity index (χ2v) is 7.64. The zero-order chi connectivity index (χ0) is 22.8. The normalized spacial score (nSPS) is 12.5. The first kappa shape index (κ1) is 24.3. The summed E-state index contributed by atoms with van der Waals surface area (Å²) in [4.78, 5) is 28.0. The lowest BCUT2D eigenvalue weighted by Crippen LogP contribution is -2.51. The van der Waals surface area contributed by atoms with Gasteiger partial charge in [0, 0.05) is 12.6 Å². The summed E-state index contributed by atoms with van der Waals surface area (Å²) in [6.45, 7) is 6.28. The summed E-state index contributed by atoms with van der Waals surface area (Å²) in [5, 5.41) is 3.03. The number of rotatable bonds is 11. The van der Waals surface area contributed by atoms with E-state index in [4.69, 9.17) is 9.47 Å². The summed E-state index contributed by atoms with van der Waals surface area (Å²) >= 11 is 0. The largest absolute Gasteiger partial charge is 0.497 e. The highest BCUT2D eigenvalue weighted by Crippen LogP contribution is 2.18. The molecule has 2 aromatic carbocycles. The number of nitrogens with zero attached hydrogens (tertiary/aromatic N) is 1. The first-order valence-electron chi connectivity index (χ1n) is 10.8. The molecule has 0 fully saturated rings. The Bertz CT molecular complexity index is 834. The molecular weight excluding hydrogens is 392 g/mol. The van der Waals surface area contributed by atoms with Crippen molar-refractivity contribution in [1.82, 2.24) is 10.2 Å². The van der Waals surface area contributed by atoms with Crippen molar-refractivity contribution in [2.75, 3.05) is 14.2 Å². The molecule has 2 amide bonds. The van der Waals surface area contributed by atoms with Crippen molar-refractivity contribution in [3.05, 3.63) is 59.7 Å². The molecule has 31 heavy (non-hydrogen) atoms. The van der Waals surface area contributed by atoms with Crippen LogP contribution in [0.15, 0.2) is 48.5 Å². The Morgan fingerprint density at radius 1 is 0.871 bits per heavy atom. The van der Waals surface area contributed by atoms with Crippen LogP contribution >= 0.6 is 0 Å². The van der Waals surface area contributed by atoms with Crippen LogP contribution < -0.4 is 14.8 Å². The Morgan fingerprint density at radius 2 is 1.39 bits per heavy atom. The van der Waals surface area contributed by atoms with Crippen LogP contribution in [0, 0.1) is 0 Å². The minimum atomic E-state index is -0.540. The maximum atomic E-state index is 13.3. The highest BCUT2D eigenvalue weighted by Gasteiger charge is 2.29. The molecule has 0 saturated heterocycles. The van der Waals surface area contributed by atoms with Crippen LogP contribution in [-0.2, 0) is 22.6 Å². The Kier molecular flexibility index (Phi) is 9.38. The van der Waals surface area contributed by atoms with Gasteiger partial charge >= 0.3 is 0 Å². The molecule has 0 aromatic heterocycles. The summed E-state index contributed by atoms with van der Waals surface area (Å²) in [5.74, 6) is 1.28. The summed E-state index contributed by atoms with van der Waals surface area (Å²) in [5.41, 5.74) is 1.82. The predicted octanol–water partition coefficient (Wildman–Crippen LogP) is 3.97. The fraction of sp³-hybridized carbons (Fsp3) is 0.440. The van der Waals surface area contributed by atoms with Gasteiger partial charge in [0.15, 0.2) is 0 Å². The minimum Gasteiger partial charge on any atom is -0.497 e. The van der Waals surface area contributed by atoms with Crippen molar-refractivity contribution in [2.24, 2.45) is 0 Å². The number of ether oxygens (including phenoxy) is 2. The van der Waals surface area contributed by atoms with Crippen LogP contribution in [0.5, 0.6) is 11.5 Å². The average molecular weight is 427 g/mol. The predicted molar refractivity (Wildman–Crippen MR) is 122 cm³/mol. The second-order valence-electron chi connectivity index (χ2n) is 7.64. The lowest BCUT2D eigenvalue weighted by Gasteiger charge is -2.31. The van der Waals surface area contributed by atoms with Crippen molar-refractivity contribution in [1.29, 1.82) is 0 Å². The molecule has 0 spiro atoms. The minimum absolute atomic E-state index is 0.0566. The zero-order valence-electron chi connectivity index (χ0n) is 19.2. The van der Waals surface area contributed by atoms with E-state index in [1.165, 1.54) is 0 Å². The number of benzene rings is 2. The number of carbonyl (C=O) groups is 2. The maximum Gasteiger partial charge on any atom is 0.243 e. The van der Waals surface area contributed by atoms with Gasteiger partial charge in [-0.25, -0.2) is 0 Å². The van der Waals surface area contributed by atoms with Gasteiger partial charge in [0.1, 0.15) is 17.5 Å². The number of nitrogens with one attached hydrogen (secondary N) is 1. The van der Waals surface area contributed by atoms with Crippen molar-refractivity contribution >= 4 is 11.8 Å². The Morgan fingerprint density at radius 3 is 1.84 bits per heavy atom. The lowest BCUT2D eigenvalue weighted by molar-refractivity contribution is -0.141.